The third kappa shape index (κ3) is 5.82. The summed E-state index contributed by atoms with van der Waals surface area (Å²) in [7, 11) is 0. The number of rotatable bonds is 8. The first-order valence-electron chi connectivity index (χ1n) is 9.61. The number of nitrogens with zero attached hydrogens (tertiary/aromatic N) is 2. The second-order valence-electron chi connectivity index (χ2n) is 8.54. The highest BCUT2D eigenvalue weighted by Gasteiger charge is 2.35. The molecule has 0 radical (unpaired) electrons. The molecule has 2 aromatic heterocycles. The van der Waals surface area contributed by atoms with Gasteiger partial charge in [0.1, 0.15) is 16.7 Å². The van der Waals surface area contributed by atoms with Crippen LogP contribution in [0.25, 0.3) is 0 Å². The fraction of sp³-hybridized carbons (Fsp3) is 0.500. The highest BCUT2D eigenvalue weighted by atomic mass is 32.1. The van der Waals surface area contributed by atoms with Gasteiger partial charge < -0.3 is 26.1 Å². The van der Waals surface area contributed by atoms with Gasteiger partial charge in [-0.15, -0.1) is 0 Å². The topological polar surface area (TPSA) is 145 Å². The van der Waals surface area contributed by atoms with E-state index in [1.807, 2.05) is 34.6 Å². The standard InChI is InChI=1S/C20H29N5O4S/c1-11(2)9-13(18(27)23-20(3,4)5)25(10-12-7-6-8-29-12)19(28)16-14(21)15(17(22)26)24-30-16/h6-8,11,13H,9-10,21H2,1-5H3,(H2,22,26)(H,23,27). The van der Waals surface area contributed by atoms with E-state index in [0.29, 0.717) is 12.2 Å². The molecule has 2 aromatic rings. The summed E-state index contributed by atoms with van der Waals surface area (Å²) >= 11 is 0.785. The number of aromatic nitrogens is 1. The smallest absolute Gasteiger partial charge is 0.270 e. The number of carbonyl (C=O) groups excluding carboxylic acids is 3. The summed E-state index contributed by atoms with van der Waals surface area (Å²) in [5.41, 5.74) is 10.5. The molecule has 0 fully saturated rings. The van der Waals surface area contributed by atoms with Crippen LogP contribution >= 0.6 is 11.5 Å². The number of carbonyl (C=O) groups is 3. The number of hydrogen-bond donors (Lipinski definition) is 3. The molecule has 2 heterocycles. The van der Waals surface area contributed by atoms with Gasteiger partial charge in [0.25, 0.3) is 11.8 Å². The molecular formula is C20H29N5O4S. The van der Waals surface area contributed by atoms with E-state index >= 15 is 0 Å². The molecule has 164 valence electrons. The Morgan fingerprint density at radius 2 is 1.97 bits per heavy atom. The van der Waals surface area contributed by atoms with Crippen molar-refractivity contribution < 1.29 is 18.8 Å². The molecule has 1 unspecified atom stereocenters. The molecule has 0 aliphatic rings. The van der Waals surface area contributed by atoms with E-state index in [2.05, 4.69) is 9.69 Å². The van der Waals surface area contributed by atoms with Crippen molar-refractivity contribution in [2.24, 2.45) is 11.7 Å². The van der Waals surface area contributed by atoms with Gasteiger partial charge in [-0.1, -0.05) is 13.8 Å². The van der Waals surface area contributed by atoms with E-state index in [0.717, 1.165) is 11.5 Å². The van der Waals surface area contributed by atoms with Crippen LogP contribution in [0, 0.1) is 5.92 Å². The predicted molar refractivity (Wildman–Crippen MR) is 115 cm³/mol. The first-order chi connectivity index (χ1) is 13.9. The molecule has 0 saturated heterocycles. The van der Waals surface area contributed by atoms with Crippen LogP contribution in [-0.4, -0.2) is 38.6 Å². The molecule has 10 heteroatoms. The van der Waals surface area contributed by atoms with Crippen LogP contribution in [0.4, 0.5) is 5.69 Å². The SMILES string of the molecule is CC(C)CC(C(=O)NC(C)(C)C)N(Cc1ccco1)C(=O)c1snc(C(N)=O)c1N. The maximum atomic E-state index is 13.5. The molecule has 0 saturated carbocycles. The highest BCUT2D eigenvalue weighted by molar-refractivity contribution is 7.09. The van der Waals surface area contributed by atoms with Crippen LogP contribution in [0.1, 0.15) is 67.0 Å². The molecule has 0 aliphatic heterocycles. The Balaban J connectivity index is 2.48. The summed E-state index contributed by atoms with van der Waals surface area (Å²) in [5, 5.41) is 2.95. The largest absolute Gasteiger partial charge is 0.467 e. The summed E-state index contributed by atoms with van der Waals surface area (Å²) in [5.74, 6) is -0.964. The lowest BCUT2D eigenvalue weighted by Gasteiger charge is -2.33. The molecule has 0 bridgehead atoms. The second kappa shape index (κ2) is 9.29. The summed E-state index contributed by atoms with van der Waals surface area (Å²) in [6, 6.07) is 2.65. The van der Waals surface area contributed by atoms with Crippen LogP contribution < -0.4 is 16.8 Å². The number of nitrogens with two attached hydrogens (primary N) is 2. The van der Waals surface area contributed by atoms with Gasteiger partial charge in [-0.3, -0.25) is 14.4 Å². The Morgan fingerprint density at radius 3 is 2.43 bits per heavy atom. The molecule has 2 rings (SSSR count). The Morgan fingerprint density at radius 1 is 1.30 bits per heavy atom. The van der Waals surface area contributed by atoms with Crippen molar-refractivity contribution in [1.29, 1.82) is 0 Å². The molecule has 1 atom stereocenters. The Kier molecular flexibility index (Phi) is 7.25. The normalized spacial score (nSPS) is 12.6. The Bertz CT molecular complexity index is 899. The fourth-order valence-corrected chi connectivity index (χ4v) is 3.69. The minimum atomic E-state index is -0.815. The van der Waals surface area contributed by atoms with E-state index in [-0.39, 0.29) is 34.6 Å². The first-order valence-corrected chi connectivity index (χ1v) is 10.4. The third-order valence-corrected chi connectivity index (χ3v) is 5.05. The van der Waals surface area contributed by atoms with E-state index < -0.39 is 23.4 Å². The van der Waals surface area contributed by atoms with E-state index in [9.17, 15) is 14.4 Å². The van der Waals surface area contributed by atoms with Gasteiger partial charge in [-0.05, 0) is 56.8 Å². The predicted octanol–water partition coefficient (Wildman–Crippen LogP) is 2.39. The van der Waals surface area contributed by atoms with Crippen molar-refractivity contribution in [3.63, 3.8) is 0 Å². The molecular weight excluding hydrogens is 406 g/mol. The lowest BCUT2D eigenvalue weighted by Crippen LogP contribution is -2.54. The van der Waals surface area contributed by atoms with Gasteiger partial charge in [0.15, 0.2) is 5.69 Å². The van der Waals surface area contributed by atoms with Gasteiger partial charge in [-0.2, -0.15) is 4.37 Å². The second-order valence-corrected chi connectivity index (χ2v) is 9.31. The molecule has 30 heavy (non-hydrogen) atoms. The maximum Gasteiger partial charge on any atom is 0.270 e. The van der Waals surface area contributed by atoms with Crippen molar-refractivity contribution in [2.45, 2.75) is 59.2 Å². The zero-order valence-electron chi connectivity index (χ0n) is 17.9. The number of amides is 3. The maximum absolute atomic E-state index is 13.5. The molecule has 0 aromatic carbocycles. The number of furan rings is 1. The average molecular weight is 436 g/mol. The molecule has 9 nitrogen and oxygen atoms in total. The minimum absolute atomic E-state index is 0.0596. The number of hydrogen-bond acceptors (Lipinski definition) is 7. The molecule has 0 aliphatic carbocycles. The molecule has 3 amide bonds. The van der Waals surface area contributed by atoms with Gasteiger partial charge in [0.05, 0.1) is 18.5 Å². The van der Waals surface area contributed by atoms with Crippen LogP contribution in [0.5, 0.6) is 0 Å². The summed E-state index contributed by atoms with van der Waals surface area (Å²) in [4.78, 5) is 39.6. The van der Waals surface area contributed by atoms with Crippen LogP contribution in [0.3, 0.4) is 0 Å². The lowest BCUT2D eigenvalue weighted by molar-refractivity contribution is -0.128. The van der Waals surface area contributed by atoms with Gasteiger partial charge in [-0.25, -0.2) is 0 Å². The lowest BCUT2D eigenvalue weighted by atomic mass is 9.99. The van der Waals surface area contributed by atoms with Crippen molar-refractivity contribution >= 4 is 34.9 Å². The number of nitrogen functional groups attached to an aromatic ring is 1. The van der Waals surface area contributed by atoms with E-state index in [1.54, 1.807) is 12.1 Å². The van der Waals surface area contributed by atoms with Crippen molar-refractivity contribution in [3.8, 4) is 0 Å². The van der Waals surface area contributed by atoms with Gasteiger partial charge in [0, 0.05) is 5.54 Å². The van der Waals surface area contributed by atoms with Gasteiger partial charge in [0.2, 0.25) is 5.91 Å². The molecule has 5 N–H and O–H groups in total. The number of primary amides is 1. The molecule has 0 spiro atoms. The van der Waals surface area contributed by atoms with Gasteiger partial charge >= 0.3 is 0 Å². The fourth-order valence-electron chi connectivity index (χ4n) is 2.93. The summed E-state index contributed by atoms with van der Waals surface area (Å²) in [6.07, 6.45) is 1.92. The number of anilines is 1. The summed E-state index contributed by atoms with van der Waals surface area (Å²) in [6.45, 7) is 9.62. The minimum Gasteiger partial charge on any atom is -0.467 e. The van der Waals surface area contributed by atoms with E-state index in [1.165, 1.54) is 11.2 Å². The number of nitrogens with one attached hydrogen (secondary N) is 1. The van der Waals surface area contributed by atoms with Crippen molar-refractivity contribution in [1.82, 2.24) is 14.6 Å². The van der Waals surface area contributed by atoms with Crippen LogP contribution in [0.15, 0.2) is 22.8 Å². The quantitative estimate of drug-likeness (QED) is 0.580. The van der Waals surface area contributed by atoms with Crippen molar-refractivity contribution in [3.05, 3.63) is 34.7 Å². The van der Waals surface area contributed by atoms with Crippen molar-refractivity contribution in [2.75, 3.05) is 5.73 Å². The Hall–Kier alpha value is -2.88. The van der Waals surface area contributed by atoms with Crippen LogP contribution in [-0.2, 0) is 11.3 Å². The monoisotopic (exact) mass is 435 g/mol. The van der Waals surface area contributed by atoms with Crippen LogP contribution in [0.2, 0.25) is 0 Å². The first kappa shape index (κ1) is 23.4. The zero-order chi connectivity index (χ0) is 22.6. The summed E-state index contributed by atoms with van der Waals surface area (Å²) < 4.78 is 9.33. The Labute approximate surface area is 180 Å². The zero-order valence-corrected chi connectivity index (χ0v) is 18.7. The highest BCUT2D eigenvalue weighted by Crippen LogP contribution is 2.27. The third-order valence-electron chi connectivity index (χ3n) is 4.19. The average Bonchev–Trinajstić information content (AvgIpc) is 3.25. The van der Waals surface area contributed by atoms with E-state index in [4.69, 9.17) is 15.9 Å².